The second-order valence-corrected chi connectivity index (χ2v) is 5.01. The van der Waals surface area contributed by atoms with Crippen LogP contribution in [0.3, 0.4) is 0 Å². The van der Waals surface area contributed by atoms with Gasteiger partial charge in [-0.05, 0) is 25.1 Å². The molecule has 1 aliphatic rings. The standard InChI is InChI=1S/C13H10ClN3O4/c1-13(12(19)16-10-4-5-20-17-10)11(18)15-8-6-7(14)2-3-9(8)21-13/h2-6H,1H3,(H,15,18)(H,16,17,19)/t13-/m0/s1. The van der Waals surface area contributed by atoms with Gasteiger partial charge in [0.15, 0.2) is 5.82 Å². The highest BCUT2D eigenvalue weighted by atomic mass is 35.5. The number of carbonyl (C=O) groups excluding carboxylic acids is 2. The van der Waals surface area contributed by atoms with Crippen LogP contribution in [0.2, 0.25) is 5.02 Å². The molecule has 2 amide bonds. The zero-order valence-electron chi connectivity index (χ0n) is 10.8. The molecule has 21 heavy (non-hydrogen) atoms. The SMILES string of the molecule is C[C@]1(C(=O)Nc2ccon2)Oc2ccc(Cl)cc2NC1=O. The molecule has 2 aromatic rings. The van der Waals surface area contributed by atoms with E-state index in [-0.39, 0.29) is 5.82 Å². The first-order chi connectivity index (χ1) is 9.99. The van der Waals surface area contributed by atoms with Crippen molar-refractivity contribution in [1.29, 1.82) is 0 Å². The molecule has 7 nitrogen and oxygen atoms in total. The van der Waals surface area contributed by atoms with Gasteiger partial charge in [0, 0.05) is 11.1 Å². The average molecular weight is 308 g/mol. The number of hydrogen-bond donors (Lipinski definition) is 2. The lowest BCUT2D eigenvalue weighted by molar-refractivity contribution is -0.143. The second kappa shape index (κ2) is 4.78. The number of nitrogens with one attached hydrogen (secondary N) is 2. The van der Waals surface area contributed by atoms with Crippen molar-refractivity contribution in [3.63, 3.8) is 0 Å². The minimum Gasteiger partial charge on any atom is -0.466 e. The predicted molar refractivity (Wildman–Crippen MR) is 74.2 cm³/mol. The fourth-order valence-electron chi connectivity index (χ4n) is 1.86. The van der Waals surface area contributed by atoms with Crippen LogP contribution in [0, 0.1) is 0 Å². The van der Waals surface area contributed by atoms with Crippen molar-refractivity contribution in [3.05, 3.63) is 35.6 Å². The first-order valence-electron chi connectivity index (χ1n) is 6.01. The molecule has 2 heterocycles. The van der Waals surface area contributed by atoms with Crippen molar-refractivity contribution in [2.24, 2.45) is 0 Å². The number of benzene rings is 1. The first-order valence-corrected chi connectivity index (χ1v) is 6.39. The minimum absolute atomic E-state index is 0.194. The van der Waals surface area contributed by atoms with Gasteiger partial charge in [-0.15, -0.1) is 0 Å². The summed E-state index contributed by atoms with van der Waals surface area (Å²) in [6.45, 7) is 1.37. The van der Waals surface area contributed by atoms with Gasteiger partial charge >= 0.3 is 0 Å². The summed E-state index contributed by atoms with van der Waals surface area (Å²) < 4.78 is 10.2. The molecule has 3 rings (SSSR count). The molecule has 0 fully saturated rings. The van der Waals surface area contributed by atoms with Crippen molar-refractivity contribution in [2.45, 2.75) is 12.5 Å². The number of hydrogen-bond acceptors (Lipinski definition) is 5. The fourth-order valence-corrected chi connectivity index (χ4v) is 2.03. The third-order valence-electron chi connectivity index (χ3n) is 3.05. The van der Waals surface area contributed by atoms with Crippen LogP contribution in [-0.4, -0.2) is 22.6 Å². The van der Waals surface area contributed by atoms with Crippen molar-refractivity contribution < 1.29 is 18.8 Å². The molecule has 0 saturated heterocycles. The topological polar surface area (TPSA) is 93.5 Å². The van der Waals surface area contributed by atoms with Gasteiger partial charge in [-0.3, -0.25) is 9.59 Å². The molecule has 1 atom stereocenters. The summed E-state index contributed by atoms with van der Waals surface area (Å²) in [4.78, 5) is 24.4. The Morgan fingerprint density at radius 1 is 1.43 bits per heavy atom. The number of nitrogens with zero attached hydrogens (tertiary/aromatic N) is 1. The molecule has 1 aromatic heterocycles. The highest BCUT2D eigenvalue weighted by Gasteiger charge is 2.47. The van der Waals surface area contributed by atoms with Gasteiger partial charge in [-0.1, -0.05) is 16.8 Å². The van der Waals surface area contributed by atoms with Crippen LogP contribution in [0.1, 0.15) is 6.92 Å². The Hall–Kier alpha value is -2.54. The lowest BCUT2D eigenvalue weighted by atomic mass is 10.0. The van der Waals surface area contributed by atoms with Gasteiger partial charge in [0.1, 0.15) is 12.0 Å². The summed E-state index contributed by atoms with van der Waals surface area (Å²) in [5, 5.41) is 9.05. The van der Waals surface area contributed by atoms with E-state index in [1.54, 1.807) is 18.2 Å². The van der Waals surface area contributed by atoms with E-state index in [0.717, 1.165) is 0 Å². The Bertz CT molecular complexity index is 716. The smallest absolute Gasteiger partial charge is 0.279 e. The van der Waals surface area contributed by atoms with E-state index in [0.29, 0.717) is 16.5 Å². The predicted octanol–water partition coefficient (Wildman–Crippen LogP) is 2.06. The van der Waals surface area contributed by atoms with Crippen LogP contribution in [-0.2, 0) is 9.59 Å². The molecule has 0 spiro atoms. The van der Waals surface area contributed by atoms with Gasteiger partial charge in [0.05, 0.1) is 5.69 Å². The summed E-state index contributed by atoms with van der Waals surface area (Å²) in [5.41, 5.74) is -1.31. The Morgan fingerprint density at radius 3 is 2.95 bits per heavy atom. The average Bonchev–Trinajstić information content (AvgIpc) is 2.93. The number of carbonyl (C=O) groups is 2. The van der Waals surface area contributed by atoms with Crippen LogP contribution in [0.4, 0.5) is 11.5 Å². The molecule has 2 N–H and O–H groups in total. The summed E-state index contributed by atoms with van der Waals surface area (Å²) in [6, 6.07) is 6.19. The Balaban J connectivity index is 1.89. The van der Waals surface area contributed by atoms with E-state index in [1.807, 2.05) is 0 Å². The second-order valence-electron chi connectivity index (χ2n) is 4.57. The molecule has 0 bridgehead atoms. The summed E-state index contributed by atoms with van der Waals surface area (Å²) in [5.74, 6) is -0.705. The number of anilines is 2. The van der Waals surface area contributed by atoms with Crippen LogP contribution in [0.25, 0.3) is 0 Å². The molecular weight excluding hydrogens is 298 g/mol. The largest absolute Gasteiger partial charge is 0.466 e. The maximum atomic E-state index is 12.3. The quantitative estimate of drug-likeness (QED) is 0.828. The molecule has 108 valence electrons. The van der Waals surface area contributed by atoms with Gasteiger partial charge in [-0.2, -0.15) is 0 Å². The highest BCUT2D eigenvalue weighted by molar-refractivity contribution is 6.31. The van der Waals surface area contributed by atoms with E-state index in [4.69, 9.17) is 16.3 Å². The Kier molecular flexibility index (Phi) is 3.06. The fraction of sp³-hybridized carbons (Fsp3) is 0.154. The normalized spacial score (nSPS) is 20.2. The number of amides is 2. The van der Waals surface area contributed by atoms with Crippen LogP contribution < -0.4 is 15.4 Å². The molecular formula is C13H10ClN3O4. The lowest BCUT2D eigenvalue weighted by Gasteiger charge is -2.33. The molecule has 0 radical (unpaired) electrons. The van der Waals surface area contributed by atoms with Gasteiger partial charge < -0.3 is 19.9 Å². The summed E-state index contributed by atoms with van der Waals surface area (Å²) >= 11 is 5.85. The zero-order valence-corrected chi connectivity index (χ0v) is 11.6. The molecule has 1 aliphatic heterocycles. The molecule has 0 unspecified atom stereocenters. The van der Waals surface area contributed by atoms with E-state index in [9.17, 15) is 9.59 Å². The number of halogens is 1. The van der Waals surface area contributed by atoms with Crippen molar-refractivity contribution in [3.8, 4) is 5.75 Å². The van der Waals surface area contributed by atoms with Crippen molar-refractivity contribution >= 4 is 34.9 Å². The van der Waals surface area contributed by atoms with Crippen molar-refractivity contribution in [1.82, 2.24) is 5.16 Å². The van der Waals surface area contributed by atoms with Crippen LogP contribution >= 0.6 is 11.6 Å². The third kappa shape index (κ3) is 2.31. The number of ether oxygens (including phenoxy) is 1. The van der Waals surface area contributed by atoms with E-state index >= 15 is 0 Å². The Morgan fingerprint density at radius 2 is 2.24 bits per heavy atom. The lowest BCUT2D eigenvalue weighted by Crippen LogP contribution is -2.56. The Labute approximate surface area is 124 Å². The van der Waals surface area contributed by atoms with E-state index in [1.165, 1.54) is 19.3 Å². The monoisotopic (exact) mass is 307 g/mol. The van der Waals surface area contributed by atoms with Gasteiger partial charge in [0.25, 0.3) is 17.4 Å². The molecule has 1 aromatic carbocycles. The summed E-state index contributed by atoms with van der Waals surface area (Å²) in [6.07, 6.45) is 1.30. The van der Waals surface area contributed by atoms with Crippen LogP contribution in [0.15, 0.2) is 35.1 Å². The highest BCUT2D eigenvalue weighted by Crippen LogP contribution is 2.35. The number of fused-ring (bicyclic) bond motifs is 1. The maximum Gasteiger partial charge on any atom is 0.279 e. The summed E-state index contributed by atoms with van der Waals surface area (Å²) in [7, 11) is 0. The zero-order chi connectivity index (χ0) is 15.0. The van der Waals surface area contributed by atoms with Crippen LogP contribution in [0.5, 0.6) is 5.75 Å². The molecule has 8 heteroatoms. The van der Waals surface area contributed by atoms with Gasteiger partial charge in [0.2, 0.25) is 0 Å². The number of rotatable bonds is 2. The van der Waals surface area contributed by atoms with E-state index in [2.05, 4.69) is 20.3 Å². The van der Waals surface area contributed by atoms with E-state index < -0.39 is 17.4 Å². The minimum atomic E-state index is -1.72. The number of aromatic nitrogens is 1. The molecule has 0 aliphatic carbocycles. The molecule has 0 saturated carbocycles. The third-order valence-corrected chi connectivity index (χ3v) is 3.28. The van der Waals surface area contributed by atoms with Gasteiger partial charge in [-0.25, -0.2) is 0 Å². The first kappa shape index (κ1) is 13.4. The maximum absolute atomic E-state index is 12.3. The van der Waals surface area contributed by atoms with Crippen molar-refractivity contribution in [2.75, 3.05) is 10.6 Å².